The van der Waals surface area contributed by atoms with Gasteiger partial charge in [-0.1, -0.05) is 36.2 Å². The molecule has 0 aliphatic rings. The molecule has 0 fully saturated rings. The Morgan fingerprint density at radius 1 is 1.21 bits per heavy atom. The summed E-state index contributed by atoms with van der Waals surface area (Å²) in [6.07, 6.45) is 1.65. The summed E-state index contributed by atoms with van der Waals surface area (Å²) in [5.74, 6) is 0.893. The maximum absolute atomic E-state index is 11.5. The van der Waals surface area contributed by atoms with E-state index < -0.39 is 9.84 Å². The van der Waals surface area contributed by atoms with Crippen LogP contribution in [0.25, 0.3) is 0 Å². The van der Waals surface area contributed by atoms with Crippen LogP contribution in [0.5, 0.6) is 0 Å². The zero-order chi connectivity index (χ0) is 18.0. The predicted octanol–water partition coefficient (Wildman–Crippen LogP) is 2.92. The zero-order valence-corrected chi connectivity index (χ0v) is 16.4. The van der Waals surface area contributed by atoms with Gasteiger partial charge in [-0.2, -0.15) is 0 Å². The Labute approximate surface area is 154 Å². The van der Waals surface area contributed by atoms with E-state index in [0.29, 0.717) is 29.1 Å². The van der Waals surface area contributed by atoms with Gasteiger partial charge < -0.3 is 10.6 Å². The number of hydrogen-bond donors (Lipinski definition) is 2. The third-order valence-corrected chi connectivity index (χ3v) is 5.67. The van der Waals surface area contributed by atoms with Crippen molar-refractivity contribution < 1.29 is 8.42 Å². The highest BCUT2D eigenvalue weighted by atomic mass is 35.5. The van der Waals surface area contributed by atoms with Gasteiger partial charge in [-0.05, 0) is 37.5 Å². The minimum atomic E-state index is -2.97. The van der Waals surface area contributed by atoms with Crippen molar-refractivity contribution in [2.45, 2.75) is 26.7 Å². The number of guanidine groups is 1. The average molecular weight is 394 g/mol. The number of hydrogen-bond acceptors (Lipinski definition) is 3. The highest BCUT2D eigenvalue weighted by Crippen LogP contribution is 2.21. The number of rotatable bonds is 9. The van der Waals surface area contributed by atoms with E-state index in [9.17, 15) is 8.42 Å². The van der Waals surface area contributed by atoms with Gasteiger partial charge in [0.1, 0.15) is 0 Å². The van der Waals surface area contributed by atoms with E-state index in [1.165, 1.54) is 0 Å². The summed E-state index contributed by atoms with van der Waals surface area (Å²) in [4.78, 5) is 4.45. The average Bonchev–Trinajstić information content (AvgIpc) is 2.53. The number of sulfone groups is 1. The molecule has 0 aliphatic heterocycles. The maximum atomic E-state index is 11.5. The second kappa shape index (κ2) is 10.8. The lowest BCUT2D eigenvalue weighted by atomic mass is 10.1. The molecule has 1 aromatic rings. The first kappa shape index (κ1) is 21.1. The fourth-order valence-corrected chi connectivity index (χ4v) is 3.20. The number of nitrogens with zero attached hydrogens (tertiary/aromatic N) is 1. The van der Waals surface area contributed by atoms with Crippen LogP contribution in [-0.2, 0) is 16.3 Å². The smallest absolute Gasteiger partial charge is 0.191 e. The van der Waals surface area contributed by atoms with E-state index in [2.05, 4.69) is 15.6 Å². The van der Waals surface area contributed by atoms with E-state index >= 15 is 0 Å². The molecule has 0 atom stereocenters. The molecule has 2 N–H and O–H groups in total. The van der Waals surface area contributed by atoms with Gasteiger partial charge in [-0.25, -0.2) is 8.42 Å². The number of nitrogens with one attached hydrogen (secondary N) is 2. The van der Waals surface area contributed by atoms with Gasteiger partial charge >= 0.3 is 0 Å². The van der Waals surface area contributed by atoms with Crippen molar-refractivity contribution in [2.75, 3.05) is 31.1 Å². The molecule has 0 saturated heterocycles. The SMILES string of the molecule is CCNC(=NCCCc1ccc(Cl)cc1Cl)NCCS(=O)(=O)CC. The van der Waals surface area contributed by atoms with Crippen LogP contribution in [0.3, 0.4) is 0 Å². The predicted molar refractivity (Wildman–Crippen MR) is 103 cm³/mol. The Hall–Kier alpha value is -0.980. The Morgan fingerprint density at radius 3 is 2.58 bits per heavy atom. The third-order valence-electron chi connectivity index (χ3n) is 3.38. The van der Waals surface area contributed by atoms with Crippen molar-refractivity contribution in [3.63, 3.8) is 0 Å². The molecule has 1 rings (SSSR count). The van der Waals surface area contributed by atoms with Crippen LogP contribution in [0.4, 0.5) is 0 Å². The number of aryl methyl sites for hydroxylation is 1. The number of benzene rings is 1. The molecule has 0 aliphatic carbocycles. The molecule has 0 unspecified atom stereocenters. The molecule has 0 saturated carbocycles. The molecule has 1 aromatic carbocycles. The molecule has 0 bridgehead atoms. The normalized spacial score (nSPS) is 12.2. The topological polar surface area (TPSA) is 70.6 Å². The van der Waals surface area contributed by atoms with Crippen molar-refractivity contribution in [1.82, 2.24) is 10.6 Å². The van der Waals surface area contributed by atoms with Gasteiger partial charge in [0.2, 0.25) is 0 Å². The number of aliphatic imine (C=N–C) groups is 1. The van der Waals surface area contributed by atoms with Crippen molar-refractivity contribution in [2.24, 2.45) is 4.99 Å². The Morgan fingerprint density at radius 2 is 1.96 bits per heavy atom. The maximum Gasteiger partial charge on any atom is 0.191 e. The van der Waals surface area contributed by atoms with Crippen LogP contribution in [0.2, 0.25) is 10.0 Å². The van der Waals surface area contributed by atoms with E-state index in [0.717, 1.165) is 24.9 Å². The van der Waals surface area contributed by atoms with E-state index in [-0.39, 0.29) is 11.5 Å². The molecular formula is C16H25Cl2N3O2S. The zero-order valence-electron chi connectivity index (χ0n) is 14.1. The molecule has 0 spiro atoms. The van der Waals surface area contributed by atoms with Crippen molar-refractivity contribution >= 4 is 39.0 Å². The summed E-state index contributed by atoms with van der Waals surface area (Å²) in [5.41, 5.74) is 1.04. The summed E-state index contributed by atoms with van der Waals surface area (Å²) in [6, 6.07) is 5.49. The van der Waals surface area contributed by atoms with Crippen LogP contribution in [0.1, 0.15) is 25.8 Å². The molecule has 24 heavy (non-hydrogen) atoms. The Balaban J connectivity index is 2.45. The molecule has 0 radical (unpaired) electrons. The van der Waals surface area contributed by atoms with E-state index in [1.54, 1.807) is 13.0 Å². The Kier molecular flexibility index (Phi) is 9.48. The second-order valence-electron chi connectivity index (χ2n) is 5.26. The fourth-order valence-electron chi connectivity index (χ4n) is 2.00. The standard InChI is InChI=1S/C16H25Cl2N3O2S/c1-3-19-16(21-10-11-24(22,23)4-2)20-9-5-6-13-7-8-14(17)12-15(13)18/h7-8,12H,3-6,9-11H2,1-2H3,(H2,19,20,21). The first-order valence-electron chi connectivity index (χ1n) is 8.04. The van der Waals surface area contributed by atoms with Crippen LogP contribution in [0.15, 0.2) is 23.2 Å². The van der Waals surface area contributed by atoms with Crippen molar-refractivity contribution in [1.29, 1.82) is 0 Å². The third kappa shape index (κ3) is 8.22. The molecule has 0 aromatic heterocycles. The molecule has 136 valence electrons. The van der Waals surface area contributed by atoms with Gasteiger partial charge in [0.05, 0.1) is 5.75 Å². The van der Waals surface area contributed by atoms with Crippen molar-refractivity contribution in [3.05, 3.63) is 33.8 Å². The van der Waals surface area contributed by atoms with Gasteiger partial charge in [-0.15, -0.1) is 0 Å². The minimum absolute atomic E-state index is 0.105. The first-order chi connectivity index (χ1) is 11.4. The Bertz CT molecular complexity index is 649. The summed E-state index contributed by atoms with van der Waals surface area (Å²) in [6.45, 7) is 5.30. The number of halogens is 2. The first-order valence-corrected chi connectivity index (χ1v) is 10.6. The highest BCUT2D eigenvalue weighted by Gasteiger charge is 2.07. The van der Waals surface area contributed by atoms with Gasteiger partial charge in [-0.3, -0.25) is 4.99 Å². The summed E-state index contributed by atoms with van der Waals surface area (Å²) < 4.78 is 23.0. The minimum Gasteiger partial charge on any atom is -0.357 e. The van der Waals surface area contributed by atoms with Crippen LogP contribution >= 0.6 is 23.2 Å². The fraction of sp³-hybridized carbons (Fsp3) is 0.562. The molecule has 8 heteroatoms. The molecule has 0 heterocycles. The van der Waals surface area contributed by atoms with Crippen LogP contribution in [-0.4, -0.2) is 45.5 Å². The van der Waals surface area contributed by atoms with E-state index in [1.807, 2.05) is 19.1 Å². The quantitative estimate of drug-likeness (QED) is 0.384. The molecule has 5 nitrogen and oxygen atoms in total. The van der Waals surface area contributed by atoms with Crippen LogP contribution < -0.4 is 10.6 Å². The largest absolute Gasteiger partial charge is 0.357 e. The highest BCUT2D eigenvalue weighted by molar-refractivity contribution is 7.91. The lowest BCUT2D eigenvalue weighted by Crippen LogP contribution is -2.39. The van der Waals surface area contributed by atoms with Gasteiger partial charge in [0, 0.05) is 35.4 Å². The lowest BCUT2D eigenvalue weighted by molar-refractivity contribution is 0.595. The lowest BCUT2D eigenvalue weighted by Gasteiger charge is -2.11. The van der Waals surface area contributed by atoms with Crippen LogP contribution in [0, 0.1) is 0 Å². The van der Waals surface area contributed by atoms with Gasteiger partial charge in [0.15, 0.2) is 15.8 Å². The molecule has 0 amide bonds. The molecular weight excluding hydrogens is 369 g/mol. The summed E-state index contributed by atoms with van der Waals surface area (Å²) >= 11 is 12.0. The van der Waals surface area contributed by atoms with E-state index in [4.69, 9.17) is 23.2 Å². The second-order valence-corrected chi connectivity index (χ2v) is 8.58. The monoisotopic (exact) mass is 393 g/mol. The van der Waals surface area contributed by atoms with Gasteiger partial charge in [0.25, 0.3) is 0 Å². The summed E-state index contributed by atoms with van der Waals surface area (Å²) in [7, 11) is -2.97. The summed E-state index contributed by atoms with van der Waals surface area (Å²) in [5, 5.41) is 7.44. The van der Waals surface area contributed by atoms with Crippen molar-refractivity contribution in [3.8, 4) is 0 Å².